The Morgan fingerprint density at radius 1 is 1.08 bits per heavy atom. The number of methoxy groups -OCH3 is 2. The molecule has 1 unspecified atom stereocenters. The summed E-state index contributed by atoms with van der Waals surface area (Å²) in [7, 11) is 2.92. The van der Waals surface area contributed by atoms with Gasteiger partial charge >= 0.3 is 0 Å². The highest BCUT2D eigenvalue weighted by molar-refractivity contribution is 5.97. The number of fused-ring (bicyclic) bond motifs is 1. The Morgan fingerprint density at radius 2 is 1.82 bits per heavy atom. The first-order valence-corrected chi connectivity index (χ1v) is 11.8. The molecule has 1 amide bonds. The fourth-order valence-electron chi connectivity index (χ4n) is 4.16. The summed E-state index contributed by atoms with van der Waals surface area (Å²) >= 11 is 0. The molecule has 0 radical (unpaired) electrons. The number of pyridine rings is 1. The van der Waals surface area contributed by atoms with Gasteiger partial charge in [-0.15, -0.1) is 0 Å². The van der Waals surface area contributed by atoms with Crippen molar-refractivity contribution in [3.05, 3.63) is 71.8 Å². The quantitative estimate of drug-likeness (QED) is 0.253. The maximum absolute atomic E-state index is 14.2. The Bertz CT molecular complexity index is 1500. The van der Waals surface area contributed by atoms with Crippen molar-refractivity contribution < 1.29 is 33.3 Å². The van der Waals surface area contributed by atoms with Gasteiger partial charge in [-0.3, -0.25) is 9.59 Å². The minimum atomic E-state index is -1.46. The zero-order chi connectivity index (χ0) is 27.4. The fourth-order valence-corrected chi connectivity index (χ4v) is 4.16. The van der Waals surface area contributed by atoms with E-state index >= 15 is 0 Å². The number of para-hydroxylation sites is 1. The number of aliphatic hydroxyl groups is 1. The second-order valence-corrected chi connectivity index (χ2v) is 8.93. The van der Waals surface area contributed by atoms with Gasteiger partial charge in [0.15, 0.2) is 23.9 Å². The van der Waals surface area contributed by atoms with Crippen molar-refractivity contribution in [2.24, 2.45) is 5.73 Å². The van der Waals surface area contributed by atoms with Gasteiger partial charge in [-0.25, -0.2) is 9.37 Å². The van der Waals surface area contributed by atoms with Gasteiger partial charge in [-0.2, -0.15) is 0 Å². The molecule has 0 fully saturated rings. The molecular weight excluding hydrogens is 493 g/mol. The van der Waals surface area contributed by atoms with Crippen molar-refractivity contribution in [1.82, 2.24) is 9.97 Å². The van der Waals surface area contributed by atoms with Gasteiger partial charge in [0.05, 0.1) is 25.4 Å². The molecule has 38 heavy (non-hydrogen) atoms. The molecule has 0 aliphatic rings. The van der Waals surface area contributed by atoms with Crippen molar-refractivity contribution in [2.75, 3.05) is 20.8 Å². The number of primary amides is 1. The van der Waals surface area contributed by atoms with Crippen LogP contribution in [0.3, 0.4) is 0 Å². The Morgan fingerprint density at radius 3 is 2.53 bits per heavy atom. The highest BCUT2D eigenvalue weighted by atomic mass is 19.1. The summed E-state index contributed by atoms with van der Waals surface area (Å²) in [5.41, 5.74) is 5.74. The number of hydrogen-bond acceptors (Lipinski definition) is 7. The van der Waals surface area contributed by atoms with E-state index in [-0.39, 0.29) is 36.7 Å². The average molecular weight is 522 g/mol. The van der Waals surface area contributed by atoms with Crippen LogP contribution < -0.4 is 19.9 Å². The van der Waals surface area contributed by atoms with E-state index in [1.807, 2.05) is 0 Å². The molecule has 1 atom stereocenters. The zero-order valence-corrected chi connectivity index (χ0v) is 21.2. The Balaban J connectivity index is 1.56. The molecule has 2 heterocycles. The number of Topliss-reactive ketones (excluding diaryl/α,β-unsaturated/α-hetero) is 1. The highest BCUT2D eigenvalue weighted by Gasteiger charge is 2.28. The van der Waals surface area contributed by atoms with E-state index in [1.54, 1.807) is 43.5 Å². The number of H-pyrrole nitrogens is 1. The first-order chi connectivity index (χ1) is 18.1. The summed E-state index contributed by atoms with van der Waals surface area (Å²) < 4.78 is 30.3. The van der Waals surface area contributed by atoms with Crippen LogP contribution in [0.5, 0.6) is 17.2 Å². The molecule has 10 heteroatoms. The Kier molecular flexibility index (Phi) is 7.63. The van der Waals surface area contributed by atoms with Crippen LogP contribution in [0.2, 0.25) is 0 Å². The lowest BCUT2D eigenvalue weighted by Crippen LogP contribution is -2.24. The lowest BCUT2D eigenvalue weighted by Gasteiger charge is -2.23. The van der Waals surface area contributed by atoms with Crippen LogP contribution in [-0.4, -0.2) is 47.6 Å². The van der Waals surface area contributed by atoms with Crippen molar-refractivity contribution in [1.29, 1.82) is 0 Å². The topological polar surface area (TPSA) is 137 Å². The summed E-state index contributed by atoms with van der Waals surface area (Å²) in [5.74, 6) is -0.245. The summed E-state index contributed by atoms with van der Waals surface area (Å²) in [5, 5.41) is 11.9. The van der Waals surface area contributed by atoms with E-state index in [0.717, 1.165) is 0 Å². The molecular formula is C28H28FN3O6. The number of aromatic nitrogens is 2. The third-order valence-corrected chi connectivity index (χ3v) is 6.24. The molecule has 2 aromatic carbocycles. The number of nitrogens with one attached hydrogen (secondary N) is 1. The van der Waals surface area contributed by atoms with Gasteiger partial charge in [0.2, 0.25) is 0 Å². The van der Waals surface area contributed by atoms with Gasteiger partial charge in [0.25, 0.3) is 5.91 Å². The van der Waals surface area contributed by atoms with Crippen LogP contribution in [-0.2, 0) is 10.4 Å². The zero-order valence-electron chi connectivity index (χ0n) is 21.2. The third-order valence-electron chi connectivity index (χ3n) is 6.24. The summed E-state index contributed by atoms with van der Waals surface area (Å²) in [6.45, 7) is 1.26. The first kappa shape index (κ1) is 26.6. The summed E-state index contributed by atoms with van der Waals surface area (Å²) in [6, 6.07) is 12.6. The third kappa shape index (κ3) is 5.45. The van der Waals surface area contributed by atoms with Crippen LogP contribution in [0, 0.1) is 5.82 Å². The van der Waals surface area contributed by atoms with Crippen LogP contribution in [0.1, 0.15) is 35.8 Å². The Hall–Kier alpha value is -4.44. The number of amides is 1. The number of aromatic amines is 1. The summed E-state index contributed by atoms with van der Waals surface area (Å²) in [6.07, 6.45) is 1.74. The Labute approximate surface area is 218 Å². The average Bonchev–Trinajstić information content (AvgIpc) is 3.35. The molecule has 2 aromatic heterocycles. The molecule has 0 saturated carbocycles. The van der Waals surface area contributed by atoms with Gasteiger partial charge in [-0.05, 0) is 49.7 Å². The number of halogens is 1. The minimum absolute atomic E-state index is 0.0129. The second-order valence-electron chi connectivity index (χ2n) is 8.93. The van der Waals surface area contributed by atoms with Gasteiger partial charge in [-0.1, -0.05) is 12.1 Å². The largest absolute Gasteiger partial charge is 0.494 e. The first-order valence-electron chi connectivity index (χ1n) is 11.8. The molecule has 0 bridgehead atoms. The molecule has 198 valence electrons. The molecule has 0 spiro atoms. The van der Waals surface area contributed by atoms with Crippen molar-refractivity contribution in [3.63, 3.8) is 0 Å². The predicted molar refractivity (Wildman–Crippen MR) is 139 cm³/mol. The van der Waals surface area contributed by atoms with Crippen molar-refractivity contribution in [3.8, 4) is 28.5 Å². The fraction of sp³-hybridized carbons (Fsp3) is 0.250. The van der Waals surface area contributed by atoms with E-state index in [9.17, 15) is 19.1 Å². The van der Waals surface area contributed by atoms with Gasteiger partial charge in [0.1, 0.15) is 22.9 Å². The van der Waals surface area contributed by atoms with Gasteiger partial charge < -0.3 is 30.0 Å². The van der Waals surface area contributed by atoms with Crippen LogP contribution in [0.4, 0.5) is 4.39 Å². The molecule has 0 aliphatic heterocycles. The number of benzene rings is 2. The maximum Gasteiger partial charge on any atom is 0.255 e. The van der Waals surface area contributed by atoms with Crippen molar-refractivity contribution >= 4 is 22.6 Å². The van der Waals surface area contributed by atoms with Crippen LogP contribution in [0.15, 0.2) is 54.7 Å². The van der Waals surface area contributed by atoms with Crippen molar-refractivity contribution in [2.45, 2.75) is 25.4 Å². The van der Waals surface area contributed by atoms with Crippen LogP contribution >= 0.6 is 0 Å². The van der Waals surface area contributed by atoms with E-state index in [4.69, 9.17) is 19.9 Å². The normalized spacial score (nSPS) is 12.7. The maximum atomic E-state index is 14.2. The standard InChI is InChI=1S/C28H28FN3O6/c1-28(35,12-11-20(33)16-7-8-21(23(13-16)37-3)38-15-25(30)34)24-10-9-22(36-2)27(32-24)18-14-31-26-17(18)5-4-6-19(26)29/h4-10,13-14,31,35H,11-12,15H2,1-3H3,(H2,30,34). The number of hydrogen-bond donors (Lipinski definition) is 3. The number of nitrogens with zero attached hydrogens (tertiary/aromatic N) is 1. The molecule has 4 N–H and O–H groups in total. The highest BCUT2D eigenvalue weighted by Crippen LogP contribution is 2.37. The lowest BCUT2D eigenvalue weighted by molar-refractivity contribution is -0.119. The monoisotopic (exact) mass is 521 g/mol. The lowest BCUT2D eigenvalue weighted by atomic mass is 9.92. The molecule has 9 nitrogen and oxygen atoms in total. The smallest absolute Gasteiger partial charge is 0.255 e. The minimum Gasteiger partial charge on any atom is -0.494 e. The molecule has 0 aliphatic carbocycles. The van der Waals surface area contributed by atoms with E-state index < -0.39 is 17.3 Å². The SMILES string of the molecule is COc1cc(C(=O)CCC(C)(O)c2ccc(OC)c(-c3c[nH]c4c(F)cccc34)n2)ccc1OCC(N)=O. The van der Waals surface area contributed by atoms with E-state index in [0.29, 0.717) is 39.2 Å². The number of nitrogens with two attached hydrogens (primary N) is 1. The number of rotatable bonds is 11. The van der Waals surface area contributed by atoms with Gasteiger partial charge in [0, 0.05) is 29.1 Å². The number of carbonyl (C=O) groups is 2. The number of ketones is 1. The van der Waals surface area contributed by atoms with E-state index in [2.05, 4.69) is 9.97 Å². The predicted octanol–water partition coefficient (Wildman–Crippen LogP) is 4.12. The molecule has 4 aromatic rings. The second kappa shape index (κ2) is 10.9. The number of ether oxygens (including phenoxy) is 3. The number of carbonyl (C=O) groups excluding carboxylic acids is 2. The summed E-state index contributed by atoms with van der Waals surface area (Å²) in [4.78, 5) is 31.5. The van der Waals surface area contributed by atoms with E-state index in [1.165, 1.54) is 32.4 Å². The molecule has 0 saturated heterocycles. The molecule has 4 rings (SSSR count). The van der Waals surface area contributed by atoms with Crippen LogP contribution in [0.25, 0.3) is 22.2 Å².